The first-order chi connectivity index (χ1) is 12.4. The lowest BCUT2D eigenvalue weighted by Crippen LogP contribution is -2.18. The maximum absolute atomic E-state index is 12.2. The zero-order valence-electron chi connectivity index (χ0n) is 14.4. The van der Waals surface area contributed by atoms with E-state index < -0.39 is 10.0 Å². The van der Waals surface area contributed by atoms with Crippen molar-refractivity contribution in [2.24, 2.45) is 5.10 Å². The Hall–Kier alpha value is -2.07. The highest BCUT2D eigenvalue weighted by Crippen LogP contribution is 2.33. The number of ether oxygens (including phenoxy) is 2. The van der Waals surface area contributed by atoms with Crippen molar-refractivity contribution < 1.29 is 17.9 Å². The molecule has 6 nitrogen and oxygen atoms in total. The van der Waals surface area contributed by atoms with E-state index >= 15 is 0 Å². The molecule has 0 aliphatic heterocycles. The molecule has 0 saturated heterocycles. The highest BCUT2D eigenvalue weighted by molar-refractivity contribution is 14.1. The maximum atomic E-state index is 12.2. The molecule has 2 aromatic rings. The van der Waals surface area contributed by atoms with Crippen LogP contribution < -0.4 is 14.3 Å². The van der Waals surface area contributed by atoms with Crippen LogP contribution in [0, 0.1) is 10.5 Å². The average Bonchev–Trinajstić information content (AvgIpc) is 2.60. The second-order valence-electron chi connectivity index (χ2n) is 5.30. The quantitative estimate of drug-likeness (QED) is 0.268. The molecule has 0 aliphatic rings. The Kier molecular flexibility index (Phi) is 7.04. The van der Waals surface area contributed by atoms with Gasteiger partial charge >= 0.3 is 0 Å². The first-order valence-corrected chi connectivity index (χ1v) is 10.2. The fourth-order valence-electron chi connectivity index (χ4n) is 2.04. The van der Waals surface area contributed by atoms with Gasteiger partial charge in [-0.1, -0.05) is 30.4 Å². The van der Waals surface area contributed by atoms with Gasteiger partial charge in [0.25, 0.3) is 10.0 Å². The molecule has 0 aliphatic carbocycles. The van der Waals surface area contributed by atoms with E-state index in [4.69, 9.17) is 9.47 Å². The molecule has 8 heteroatoms. The molecule has 0 amide bonds. The zero-order chi connectivity index (χ0) is 19.2. The van der Waals surface area contributed by atoms with Crippen molar-refractivity contribution in [1.82, 2.24) is 4.83 Å². The Balaban J connectivity index is 2.18. The van der Waals surface area contributed by atoms with Crippen LogP contribution in [0.25, 0.3) is 0 Å². The predicted octanol–water partition coefficient (Wildman–Crippen LogP) is 3.49. The summed E-state index contributed by atoms with van der Waals surface area (Å²) in [5, 5.41) is 3.84. The van der Waals surface area contributed by atoms with Crippen molar-refractivity contribution in [2.45, 2.75) is 11.8 Å². The minimum absolute atomic E-state index is 0.153. The van der Waals surface area contributed by atoms with Crippen LogP contribution in [0.4, 0.5) is 0 Å². The second-order valence-corrected chi connectivity index (χ2v) is 8.12. The molecule has 0 atom stereocenters. The lowest BCUT2D eigenvalue weighted by Gasteiger charge is -2.12. The first kappa shape index (κ1) is 20.2. The van der Waals surface area contributed by atoms with Crippen molar-refractivity contribution in [3.8, 4) is 11.5 Å². The summed E-state index contributed by atoms with van der Waals surface area (Å²) >= 11 is 2.12. The Morgan fingerprint density at radius 3 is 2.58 bits per heavy atom. The number of nitrogens with zero attached hydrogens (tertiary/aromatic N) is 1. The van der Waals surface area contributed by atoms with Gasteiger partial charge in [0.1, 0.15) is 6.61 Å². The van der Waals surface area contributed by atoms with Crippen LogP contribution in [0.15, 0.2) is 59.1 Å². The minimum atomic E-state index is -3.71. The molecule has 0 heterocycles. The normalized spacial score (nSPS) is 11.3. The number of nitrogens with one attached hydrogen (secondary N) is 1. The van der Waals surface area contributed by atoms with E-state index in [1.54, 1.807) is 24.3 Å². The molecule has 0 fully saturated rings. The van der Waals surface area contributed by atoms with Gasteiger partial charge in [0.05, 0.1) is 21.8 Å². The van der Waals surface area contributed by atoms with Crippen LogP contribution >= 0.6 is 22.6 Å². The third-order valence-electron chi connectivity index (χ3n) is 3.32. The predicted molar refractivity (Wildman–Crippen MR) is 110 cm³/mol. The Morgan fingerprint density at radius 2 is 1.96 bits per heavy atom. The third-order valence-corrected chi connectivity index (χ3v) is 5.35. The van der Waals surface area contributed by atoms with E-state index in [1.165, 1.54) is 25.5 Å². The van der Waals surface area contributed by atoms with Crippen LogP contribution in [-0.2, 0) is 10.0 Å². The van der Waals surface area contributed by atoms with Crippen LogP contribution in [-0.4, -0.2) is 28.3 Å². The lowest BCUT2D eigenvalue weighted by atomic mass is 10.2. The highest BCUT2D eigenvalue weighted by atomic mass is 127. The molecule has 138 valence electrons. The SMILES string of the molecule is C=CCOc1c(I)cc(/C=N\NS(=O)(=O)c2ccc(C)cc2)cc1OC. The number of hydrazone groups is 1. The third kappa shape index (κ3) is 5.21. The molecule has 0 bridgehead atoms. The van der Waals surface area contributed by atoms with Crippen molar-refractivity contribution in [3.63, 3.8) is 0 Å². The fourth-order valence-corrected chi connectivity index (χ4v) is 3.61. The van der Waals surface area contributed by atoms with E-state index in [9.17, 15) is 8.42 Å². The molecule has 0 saturated carbocycles. The number of aryl methyl sites for hydroxylation is 1. The fraction of sp³-hybridized carbons (Fsp3) is 0.167. The molecule has 1 N–H and O–H groups in total. The van der Waals surface area contributed by atoms with E-state index in [0.29, 0.717) is 23.7 Å². The van der Waals surface area contributed by atoms with Crippen molar-refractivity contribution in [1.29, 1.82) is 0 Å². The minimum Gasteiger partial charge on any atom is -0.493 e. The van der Waals surface area contributed by atoms with Crippen LogP contribution in [0.5, 0.6) is 11.5 Å². The van der Waals surface area contributed by atoms with Crippen LogP contribution in [0.2, 0.25) is 0 Å². The monoisotopic (exact) mass is 486 g/mol. The topological polar surface area (TPSA) is 77.0 Å². The highest BCUT2D eigenvalue weighted by Gasteiger charge is 2.13. The van der Waals surface area contributed by atoms with E-state index in [2.05, 4.69) is 39.1 Å². The van der Waals surface area contributed by atoms with Gasteiger partial charge in [-0.15, -0.1) is 0 Å². The molecular weight excluding hydrogens is 467 g/mol. The molecule has 0 spiro atoms. The smallest absolute Gasteiger partial charge is 0.276 e. The summed E-state index contributed by atoms with van der Waals surface area (Å²) in [5.74, 6) is 1.13. The van der Waals surface area contributed by atoms with E-state index in [1.807, 2.05) is 13.0 Å². The van der Waals surface area contributed by atoms with Gasteiger partial charge < -0.3 is 9.47 Å². The summed E-state index contributed by atoms with van der Waals surface area (Å²) in [4.78, 5) is 2.36. The van der Waals surface area contributed by atoms with Crippen LogP contribution in [0.3, 0.4) is 0 Å². The molecule has 0 radical (unpaired) electrons. The van der Waals surface area contributed by atoms with Gasteiger partial charge in [-0.2, -0.15) is 13.5 Å². The molecule has 2 aromatic carbocycles. The zero-order valence-corrected chi connectivity index (χ0v) is 17.4. The Labute approximate surface area is 167 Å². The van der Waals surface area contributed by atoms with Crippen molar-refractivity contribution in [3.05, 3.63) is 63.8 Å². The van der Waals surface area contributed by atoms with Gasteiger partial charge in [-0.25, -0.2) is 4.83 Å². The van der Waals surface area contributed by atoms with Crippen molar-refractivity contribution >= 4 is 38.8 Å². The first-order valence-electron chi connectivity index (χ1n) is 7.60. The molecule has 0 aromatic heterocycles. The average molecular weight is 486 g/mol. The van der Waals surface area contributed by atoms with Gasteiger partial charge in [-0.3, -0.25) is 0 Å². The van der Waals surface area contributed by atoms with Crippen molar-refractivity contribution in [2.75, 3.05) is 13.7 Å². The summed E-state index contributed by atoms with van der Waals surface area (Å²) < 4.78 is 36.2. The van der Waals surface area contributed by atoms with Gasteiger partial charge in [0, 0.05) is 0 Å². The molecule has 26 heavy (non-hydrogen) atoms. The number of benzene rings is 2. The summed E-state index contributed by atoms with van der Waals surface area (Å²) in [7, 11) is -2.18. The summed E-state index contributed by atoms with van der Waals surface area (Å²) in [6.07, 6.45) is 3.05. The lowest BCUT2D eigenvalue weighted by molar-refractivity contribution is 0.324. The Morgan fingerprint density at radius 1 is 1.27 bits per heavy atom. The number of sulfonamides is 1. The number of halogens is 1. The van der Waals surface area contributed by atoms with Crippen LogP contribution in [0.1, 0.15) is 11.1 Å². The van der Waals surface area contributed by atoms with E-state index in [-0.39, 0.29) is 4.90 Å². The second kappa shape index (κ2) is 9.04. The largest absolute Gasteiger partial charge is 0.493 e. The molecule has 0 unspecified atom stereocenters. The summed E-state index contributed by atoms with van der Waals surface area (Å²) in [5.41, 5.74) is 1.65. The standard InChI is InChI=1S/C18H19IN2O4S/c1-4-9-25-18-16(19)10-14(11-17(18)24-3)12-20-21-26(22,23)15-7-5-13(2)6-8-15/h4-8,10-12,21H,1,9H2,2-3H3/b20-12-. The number of methoxy groups -OCH3 is 1. The summed E-state index contributed by atoms with van der Waals surface area (Å²) in [6.45, 7) is 5.86. The molecule has 2 rings (SSSR count). The van der Waals surface area contributed by atoms with E-state index in [0.717, 1.165) is 9.13 Å². The number of hydrogen-bond acceptors (Lipinski definition) is 5. The Bertz CT molecular complexity index is 910. The van der Waals surface area contributed by atoms with Gasteiger partial charge in [0.15, 0.2) is 11.5 Å². The number of hydrogen-bond donors (Lipinski definition) is 1. The molecular formula is C18H19IN2O4S. The van der Waals surface area contributed by atoms with Gasteiger partial charge in [0.2, 0.25) is 0 Å². The summed E-state index contributed by atoms with van der Waals surface area (Å²) in [6, 6.07) is 10.0. The van der Waals surface area contributed by atoms with Gasteiger partial charge in [-0.05, 0) is 59.3 Å². The number of rotatable bonds is 8. The maximum Gasteiger partial charge on any atom is 0.276 e.